The van der Waals surface area contributed by atoms with Gasteiger partial charge in [-0.25, -0.2) is 0 Å². The number of rotatable bonds is 7. The zero-order valence-electron chi connectivity index (χ0n) is 12.5. The van der Waals surface area contributed by atoms with Crippen LogP contribution in [0.15, 0.2) is 35.5 Å². The quantitative estimate of drug-likeness (QED) is 0.430. The van der Waals surface area contributed by atoms with Gasteiger partial charge in [0.05, 0.1) is 12.2 Å². The number of hydrogen-bond donors (Lipinski definition) is 0. The first kappa shape index (κ1) is 17.8. The van der Waals surface area contributed by atoms with Crippen LogP contribution < -0.4 is 0 Å². The van der Waals surface area contributed by atoms with Gasteiger partial charge in [0.1, 0.15) is 6.07 Å². The van der Waals surface area contributed by atoms with Crippen LogP contribution in [0.4, 0.5) is 0 Å². The first-order valence-corrected chi connectivity index (χ1v) is 9.11. The van der Waals surface area contributed by atoms with E-state index in [9.17, 15) is 5.26 Å². The number of hydrogen-bond acceptors (Lipinski definition) is 6. The molecule has 0 atom stereocenters. The molecule has 0 fully saturated rings. The van der Waals surface area contributed by atoms with Crippen molar-refractivity contribution in [3.8, 4) is 6.07 Å². The van der Waals surface area contributed by atoms with Crippen molar-refractivity contribution in [2.45, 2.75) is 39.9 Å². The molecule has 7 heteroatoms. The second kappa shape index (κ2) is 8.26. The predicted molar refractivity (Wildman–Crippen MR) is 86.4 cm³/mol. The van der Waals surface area contributed by atoms with Crippen LogP contribution >= 0.6 is 6.72 Å². The lowest BCUT2D eigenvalue weighted by molar-refractivity contribution is 0.112. The van der Waals surface area contributed by atoms with E-state index < -0.39 is 6.72 Å². The summed E-state index contributed by atoms with van der Waals surface area (Å²) in [7, 11) is 0. The molecule has 1 aromatic carbocycles. The maximum atomic E-state index is 9.18. The van der Waals surface area contributed by atoms with Crippen LogP contribution in [0.2, 0.25) is 0 Å². The fourth-order valence-corrected chi connectivity index (χ4v) is 3.88. The summed E-state index contributed by atoms with van der Waals surface area (Å²) in [5.74, 6) is 0. The normalized spacial score (nSPS) is 12.5. The molecular formula is C14H19N2O3PS. The molecule has 0 spiro atoms. The molecule has 0 saturated carbocycles. The van der Waals surface area contributed by atoms with Crippen molar-refractivity contribution in [1.29, 1.82) is 5.26 Å². The smallest absolute Gasteiger partial charge is 0.312 e. The van der Waals surface area contributed by atoms with Crippen LogP contribution in [-0.2, 0) is 25.5 Å². The number of oxime groups is 1. The van der Waals surface area contributed by atoms with E-state index in [0.29, 0.717) is 5.56 Å². The van der Waals surface area contributed by atoms with Crippen LogP contribution in [0.25, 0.3) is 0 Å². The highest BCUT2D eigenvalue weighted by Crippen LogP contribution is 2.52. The average molecular weight is 326 g/mol. The number of nitrogens with zero attached hydrogens (tertiary/aromatic N) is 2. The maximum Gasteiger partial charge on any atom is 0.402 e. The molecule has 0 radical (unpaired) electrons. The highest BCUT2D eigenvalue weighted by Gasteiger charge is 2.26. The number of benzene rings is 1. The van der Waals surface area contributed by atoms with Crippen LogP contribution in [0.1, 0.15) is 33.3 Å². The Labute approximate surface area is 130 Å². The fraction of sp³-hybridized carbons (Fsp3) is 0.429. The van der Waals surface area contributed by atoms with Gasteiger partial charge in [-0.3, -0.25) is 9.05 Å². The van der Waals surface area contributed by atoms with Crippen molar-refractivity contribution >= 4 is 24.2 Å². The molecule has 0 saturated heterocycles. The molecule has 0 aliphatic heterocycles. The molecule has 0 N–H and O–H groups in total. The first-order valence-electron chi connectivity index (χ1n) is 6.55. The molecule has 0 amide bonds. The van der Waals surface area contributed by atoms with Gasteiger partial charge in [-0.05, 0) is 27.7 Å². The Balaban J connectivity index is 2.95. The second-order valence-corrected chi connectivity index (χ2v) is 7.58. The Morgan fingerprint density at radius 1 is 1.14 bits per heavy atom. The van der Waals surface area contributed by atoms with E-state index in [-0.39, 0.29) is 17.9 Å². The Bertz CT molecular complexity index is 553. The summed E-state index contributed by atoms with van der Waals surface area (Å²) >= 11 is 5.30. The lowest BCUT2D eigenvalue weighted by Gasteiger charge is -2.22. The van der Waals surface area contributed by atoms with Gasteiger partial charge in [0.2, 0.25) is 0 Å². The first-order chi connectivity index (χ1) is 9.86. The molecule has 5 nitrogen and oxygen atoms in total. The minimum absolute atomic E-state index is 0.129. The minimum atomic E-state index is -3.02. The van der Waals surface area contributed by atoms with E-state index in [4.69, 9.17) is 25.5 Å². The molecule has 0 heterocycles. The third kappa shape index (κ3) is 6.36. The summed E-state index contributed by atoms with van der Waals surface area (Å²) in [6, 6.07) is 11.0. The maximum absolute atomic E-state index is 9.18. The molecule has 114 valence electrons. The predicted octanol–water partition coefficient (Wildman–Crippen LogP) is 4.01. The lowest BCUT2D eigenvalue weighted by Crippen LogP contribution is -2.09. The van der Waals surface area contributed by atoms with E-state index in [1.54, 1.807) is 12.1 Å². The van der Waals surface area contributed by atoms with Crippen molar-refractivity contribution in [2.75, 3.05) is 0 Å². The van der Waals surface area contributed by atoms with E-state index in [1.165, 1.54) is 0 Å². The van der Waals surface area contributed by atoms with Crippen LogP contribution in [0.5, 0.6) is 0 Å². The molecule has 1 aromatic rings. The van der Waals surface area contributed by atoms with E-state index >= 15 is 0 Å². The highest BCUT2D eigenvalue weighted by atomic mass is 32.5. The SMILES string of the molecule is CC(C)OP(=S)(O/N=C(\C#N)c1ccccc1)OC(C)C. The Kier molecular flexibility index (Phi) is 7.00. The van der Waals surface area contributed by atoms with Crippen LogP contribution in [0, 0.1) is 11.3 Å². The van der Waals surface area contributed by atoms with Crippen molar-refractivity contribution < 1.29 is 13.7 Å². The van der Waals surface area contributed by atoms with Crippen LogP contribution in [0.3, 0.4) is 0 Å². The standard InChI is InChI=1S/C14H19N2O3PS/c1-11(2)17-20(21,18-12(3)4)19-16-14(10-15)13-8-6-5-7-9-13/h5-9,11-12H,1-4H3/b16-14+. The number of nitriles is 1. The molecule has 0 aliphatic carbocycles. The topological polar surface area (TPSA) is 63.8 Å². The third-order valence-corrected chi connectivity index (χ3v) is 4.42. The molecule has 0 aliphatic rings. The second-order valence-electron chi connectivity index (χ2n) is 4.75. The zero-order chi connectivity index (χ0) is 15.9. The zero-order valence-corrected chi connectivity index (χ0v) is 14.2. The van der Waals surface area contributed by atoms with Crippen molar-refractivity contribution in [2.24, 2.45) is 5.16 Å². The molecule has 0 aromatic heterocycles. The molecule has 1 rings (SSSR count). The summed E-state index contributed by atoms with van der Waals surface area (Å²) < 4.78 is 16.4. The monoisotopic (exact) mass is 326 g/mol. The van der Waals surface area contributed by atoms with E-state index in [0.717, 1.165) is 0 Å². The van der Waals surface area contributed by atoms with Crippen molar-refractivity contribution in [3.63, 3.8) is 0 Å². The van der Waals surface area contributed by atoms with Gasteiger partial charge in [0, 0.05) is 17.4 Å². The molecule has 0 bridgehead atoms. The minimum Gasteiger partial charge on any atom is -0.312 e. The summed E-state index contributed by atoms with van der Waals surface area (Å²) in [5.41, 5.74) is 0.778. The third-order valence-electron chi connectivity index (χ3n) is 2.07. The van der Waals surface area contributed by atoms with Gasteiger partial charge in [0.25, 0.3) is 0 Å². The molecule has 21 heavy (non-hydrogen) atoms. The summed E-state index contributed by atoms with van der Waals surface area (Å²) in [6.45, 7) is 4.31. The van der Waals surface area contributed by atoms with Gasteiger partial charge < -0.3 is 4.62 Å². The van der Waals surface area contributed by atoms with Crippen LogP contribution in [-0.4, -0.2) is 17.9 Å². The average Bonchev–Trinajstić information content (AvgIpc) is 2.38. The van der Waals surface area contributed by atoms with Gasteiger partial charge in [0.15, 0.2) is 5.71 Å². The summed E-state index contributed by atoms with van der Waals surface area (Å²) in [5, 5.41) is 13.0. The summed E-state index contributed by atoms with van der Waals surface area (Å²) in [6.07, 6.45) is -0.320. The van der Waals surface area contributed by atoms with E-state index in [1.807, 2.05) is 52.0 Å². The largest absolute Gasteiger partial charge is 0.402 e. The Hall–Kier alpha value is -1.25. The van der Waals surface area contributed by atoms with Gasteiger partial charge in [-0.15, -0.1) is 0 Å². The Morgan fingerprint density at radius 2 is 1.67 bits per heavy atom. The lowest BCUT2D eigenvalue weighted by atomic mass is 10.1. The highest BCUT2D eigenvalue weighted by molar-refractivity contribution is 8.07. The van der Waals surface area contributed by atoms with E-state index in [2.05, 4.69) is 5.16 Å². The van der Waals surface area contributed by atoms with Gasteiger partial charge in [-0.1, -0.05) is 35.5 Å². The Morgan fingerprint density at radius 3 is 2.10 bits per heavy atom. The van der Waals surface area contributed by atoms with Gasteiger partial charge in [-0.2, -0.15) is 5.26 Å². The van der Waals surface area contributed by atoms with Gasteiger partial charge >= 0.3 is 6.72 Å². The van der Waals surface area contributed by atoms with Crippen molar-refractivity contribution in [1.82, 2.24) is 0 Å². The van der Waals surface area contributed by atoms with Crippen molar-refractivity contribution in [3.05, 3.63) is 35.9 Å². The summed E-state index contributed by atoms with van der Waals surface area (Å²) in [4.78, 5) is 0. The fourth-order valence-electron chi connectivity index (χ4n) is 1.40. The molecule has 0 unspecified atom stereocenters. The molecular weight excluding hydrogens is 307 g/mol.